The molecule has 2 unspecified atom stereocenters. The van der Waals surface area contributed by atoms with Crippen LogP contribution in [0.3, 0.4) is 0 Å². The van der Waals surface area contributed by atoms with Gasteiger partial charge in [-0.1, -0.05) is 48.6 Å². The van der Waals surface area contributed by atoms with E-state index >= 15 is 0 Å². The number of benzene rings is 2. The number of allylic oxidation sites excluding steroid dienone is 2. The van der Waals surface area contributed by atoms with Gasteiger partial charge in [0.05, 0.1) is 21.1 Å². The second kappa shape index (κ2) is 6.93. The number of nitrogens with zero attached hydrogens (tertiary/aromatic N) is 2. The summed E-state index contributed by atoms with van der Waals surface area (Å²) in [4.78, 5) is 20.4. The molecule has 2 aliphatic rings. The molecule has 4 heteroatoms. The first kappa shape index (κ1) is 16.7. The van der Waals surface area contributed by atoms with Gasteiger partial charge in [0.25, 0.3) is 0 Å². The molecule has 5 rings (SSSR count). The van der Waals surface area contributed by atoms with Gasteiger partial charge in [0.2, 0.25) is 5.91 Å². The Bertz CT molecular complexity index is 989. The molecule has 0 bridgehead atoms. The van der Waals surface area contributed by atoms with Crippen LogP contribution in [0.15, 0.2) is 60.7 Å². The van der Waals surface area contributed by atoms with E-state index in [9.17, 15) is 4.79 Å². The maximum atomic E-state index is 13.4. The quantitative estimate of drug-likeness (QED) is 0.596. The number of fused-ring (bicyclic) bond motifs is 2. The molecule has 1 aliphatic heterocycles. The third-order valence-electron chi connectivity index (χ3n) is 5.82. The van der Waals surface area contributed by atoms with Crippen LogP contribution >= 0.6 is 11.3 Å². The van der Waals surface area contributed by atoms with Gasteiger partial charge in [0.15, 0.2) is 0 Å². The Balaban J connectivity index is 1.42. The van der Waals surface area contributed by atoms with Crippen molar-refractivity contribution in [2.75, 3.05) is 6.54 Å². The maximum Gasteiger partial charge on any atom is 0.227 e. The average Bonchev–Trinajstić information content (AvgIpc) is 3.17. The first-order valence-corrected chi connectivity index (χ1v) is 10.5. The molecule has 136 valence electrons. The predicted octanol–water partition coefficient (Wildman–Crippen LogP) is 4.93. The van der Waals surface area contributed by atoms with E-state index in [1.807, 2.05) is 6.07 Å². The van der Waals surface area contributed by atoms with Crippen LogP contribution in [0.25, 0.3) is 10.2 Å². The minimum atomic E-state index is 0.000763. The van der Waals surface area contributed by atoms with E-state index in [-0.39, 0.29) is 17.7 Å². The molecule has 2 atom stereocenters. The van der Waals surface area contributed by atoms with Gasteiger partial charge in [-0.05, 0) is 42.5 Å². The second-order valence-corrected chi connectivity index (χ2v) is 8.52. The van der Waals surface area contributed by atoms with Crippen molar-refractivity contribution >= 4 is 27.5 Å². The fourth-order valence-corrected chi connectivity index (χ4v) is 5.47. The molecule has 3 nitrogen and oxygen atoms in total. The van der Waals surface area contributed by atoms with Crippen LogP contribution in [-0.2, 0) is 17.8 Å². The van der Waals surface area contributed by atoms with Crippen molar-refractivity contribution in [2.45, 2.75) is 31.7 Å². The molecule has 0 saturated heterocycles. The number of carbonyl (C=O) groups is 1. The van der Waals surface area contributed by atoms with E-state index < -0.39 is 0 Å². The topological polar surface area (TPSA) is 33.2 Å². The SMILES string of the molecule is O=C(C1CC=CCC1c1nc2ccccc2s1)N1CCc2ccccc2C1. The summed E-state index contributed by atoms with van der Waals surface area (Å²) in [5, 5.41) is 1.11. The van der Waals surface area contributed by atoms with Crippen LogP contribution in [0.1, 0.15) is 34.9 Å². The van der Waals surface area contributed by atoms with Crippen molar-refractivity contribution in [2.24, 2.45) is 5.92 Å². The van der Waals surface area contributed by atoms with Crippen LogP contribution in [0, 0.1) is 5.92 Å². The van der Waals surface area contributed by atoms with E-state index in [0.29, 0.717) is 0 Å². The Labute approximate surface area is 163 Å². The fraction of sp³-hybridized carbons (Fsp3) is 0.304. The summed E-state index contributed by atoms with van der Waals surface area (Å²) in [6.45, 7) is 1.56. The number of carbonyl (C=O) groups excluding carboxylic acids is 1. The lowest BCUT2D eigenvalue weighted by atomic mass is 9.82. The van der Waals surface area contributed by atoms with Crippen molar-refractivity contribution in [1.29, 1.82) is 0 Å². The summed E-state index contributed by atoms with van der Waals surface area (Å²) in [6, 6.07) is 16.8. The lowest BCUT2D eigenvalue weighted by molar-refractivity contribution is -0.137. The Morgan fingerprint density at radius 1 is 1.00 bits per heavy atom. The van der Waals surface area contributed by atoms with Crippen LogP contribution in [0.4, 0.5) is 0 Å². The van der Waals surface area contributed by atoms with Crippen LogP contribution in [-0.4, -0.2) is 22.3 Å². The molecule has 0 radical (unpaired) electrons. The van der Waals surface area contributed by atoms with Crippen LogP contribution in [0.5, 0.6) is 0 Å². The molecule has 1 aromatic heterocycles. The smallest absolute Gasteiger partial charge is 0.227 e. The van der Waals surface area contributed by atoms with E-state index in [2.05, 4.69) is 59.5 Å². The molecule has 0 fully saturated rings. The van der Waals surface area contributed by atoms with E-state index in [1.54, 1.807) is 11.3 Å². The van der Waals surface area contributed by atoms with E-state index in [1.165, 1.54) is 15.8 Å². The normalized spacial score (nSPS) is 22.0. The summed E-state index contributed by atoms with van der Waals surface area (Å²) < 4.78 is 1.21. The van der Waals surface area contributed by atoms with Crippen molar-refractivity contribution < 1.29 is 4.79 Å². The molecular formula is C23H22N2OS. The van der Waals surface area contributed by atoms with Gasteiger partial charge in [-0.2, -0.15) is 0 Å². The second-order valence-electron chi connectivity index (χ2n) is 7.45. The zero-order valence-electron chi connectivity index (χ0n) is 15.2. The van der Waals surface area contributed by atoms with E-state index in [0.717, 1.165) is 42.9 Å². The number of aromatic nitrogens is 1. The Morgan fingerprint density at radius 2 is 1.78 bits per heavy atom. The molecule has 0 spiro atoms. The molecule has 1 aliphatic carbocycles. The van der Waals surface area contributed by atoms with Gasteiger partial charge in [-0.3, -0.25) is 4.79 Å². The molecule has 3 aromatic rings. The summed E-state index contributed by atoms with van der Waals surface area (Å²) >= 11 is 1.74. The minimum Gasteiger partial charge on any atom is -0.338 e. The number of para-hydroxylation sites is 1. The van der Waals surface area contributed by atoms with Gasteiger partial charge in [0, 0.05) is 19.0 Å². The highest BCUT2D eigenvalue weighted by Crippen LogP contribution is 2.39. The highest BCUT2D eigenvalue weighted by atomic mass is 32.1. The summed E-state index contributed by atoms with van der Waals surface area (Å²) in [5.41, 5.74) is 3.72. The highest BCUT2D eigenvalue weighted by Gasteiger charge is 2.35. The zero-order chi connectivity index (χ0) is 18.2. The Morgan fingerprint density at radius 3 is 2.67 bits per heavy atom. The van der Waals surface area contributed by atoms with Gasteiger partial charge in [0.1, 0.15) is 0 Å². The fourth-order valence-electron chi connectivity index (χ4n) is 4.33. The van der Waals surface area contributed by atoms with Gasteiger partial charge < -0.3 is 4.90 Å². The third kappa shape index (κ3) is 3.08. The number of hydrogen-bond acceptors (Lipinski definition) is 3. The highest BCUT2D eigenvalue weighted by molar-refractivity contribution is 7.18. The molecule has 0 saturated carbocycles. The zero-order valence-corrected chi connectivity index (χ0v) is 16.0. The summed E-state index contributed by atoms with van der Waals surface area (Å²) in [7, 11) is 0. The van der Waals surface area contributed by atoms with Crippen molar-refractivity contribution in [1.82, 2.24) is 9.88 Å². The predicted molar refractivity (Wildman–Crippen MR) is 110 cm³/mol. The lowest BCUT2D eigenvalue weighted by Gasteiger charge is -2.35. The largest absolute Gasteiger partial charge is 0.338 e. The molecule has 2 aromatic carbocycles. The third-order valence-corrected chi connectivity index (χ3v) is 6.99. The lowest BCUT2D eigenvalue weighted by Crippen LogP contribution is -2.41. The van der Waals surface area contributed by atoms with Gasteiger partial charge in [-0.25, -0.2) is 4.98 Å². The number of rotatable bonds is 2. The molecule has 27 heavy (non-hydrogen) atoms. The average molecular weight is 375 g/mol. The van der Waals surface area contributed by atoms with Gasteiger partial charge in [-0.15, -0.1) is 11.3 Å². The van der Waals surface area contributed by atoms with Crippen LogP contribution in [0.2, 0.25) is 0 Å². The number of hydrogen-bond donors (Lipinski definition) is 0. The van der Waals surface area contributed by atoms with Crippen molar-refractivity contribution in [3.05, 3.63) is 76.8 Å². The van der Waals surface area contributed by atoms with Gasteiger partial charge >= 0.3 is 0 Å². The van der Waals surface area contributed by atoms with Crippen LogP contribution < -0.4 is 0 Å². The minimum absolute atomic E-state index is 0.000763. The van der Waals surface area contributed by atoms with Crippen molar-refractivity contribution in [3.63, 3.8) is 0 Å². The first-order chi connectivity index (χ1) is 13.3. The standard InChI is InChI=1S/C23H22N2OS/c26-23(25-14-13-16-7-1-2-8-17(16)15-25)19-10-4-3-9-18(19)22-24-20-11-5-6-12-21(20)27-22/h1-8,11-12,18-19H,9-10,13-15H2. The summed E-state index contributed by atoms with van der Waals surface area (Å²) in [5.74, 6) is 0.482. The monoisotopic (exact) mass is 374 g/mol. The number of thiazole rings is 1. The molecule has 0 N–H and O–H groups in total. The molecular weight excluding hydrogens is 352 g/mol. The first-order valence-electron chi connectivity index (χ1n) is 9.65. The Kier molecular flexibility index (Phi) is 4.29. The Hall–Kier alpha value is -2.46. The molecule has 2 heterocycles. The number of amides is 1. The summed E-state index contributed by atoms with van der Waals surface area (Å²) in [6.07, 6.45) is 7.06. The van der Waals surface area contributed by atoms with Crippen molar-refractivity contribution in [3.8, 4) is 0 Å². The molecule has 1 amide bonds. The maximum absolute atomic E-state index is 13.4. The van der Waals surface area contributed by atoms with E-state index in [4.69, 9.17) is 4.98 Å².